The molecule has 7 nitrogen and oxygen atoms in total. The Labute approximate surface area is 180 Å². The molecule has 1 fully saturated rings. The van der Waals surface area contributed by atoms with Crippen LogP contribution in [0.2, 0.25) is 0 Å². The number of hydrogen-bond donors (Lipinski definition) is 1. The van der Waals surface area contributed by atoms with Crippen LogP contribution in [0.15, 0.2) is 41.3 Å². The summed E-state index contributed by atoms with van der Waals surface area (Å²) in [7, 11) is 0. The maximum absolute atomic E-state index is 13.0. The Kier molecular flexibility index (Phi) is 5.59. The van der Waals surface area contributed by atoms with Crippen LogP contribution in [-0.2, 0) is 11.3 Å². The number of nitrogens with one attached hydrogen (secondary N) is 1. The summed E-state index contributed by atoms with van der Waals surface area (Å²) in [4.78, 5) is 45.0. The summed E-state index contributed by atoms with van der Waals surface area (Å²) in [5, 5.41) is 3.25. The van der Waals surface area contributed by atoms with Gasteiger partial charge in [-0.1, -0.05) is 6.07 Å². The zero-order chi connectivity index (χ0) is 22.1. The summed E-state index contributed by atoms with van der Waals surface area (Å²) < 4.78 is 1.60. The van der Waals surface area contributed by atoms with Crippen molar-refractivity contribution < 1.29 is 9.59 Å². The molecule has 160 valence electrons. The van der Waals surface area contributed by atoms with E-state index in [0.717, 1.165) is 29.7 Å². The van der Waals surface area contributed by atoms with E-state index in [1.165, 1.54) is 6.20 Å². The highest BCUT2D eigenvalue weighted by Crippen LogP contribution is 2.17. The van der Waals surface area contributed by atoms with Crippen molar-refractivity contribution in [3.8, 4) is 0 Å². The molecule has 0 bridgehead atoms. The molecule has 0 radical (unpaired) electrons. The molecule has 7 heteroatoms. The lowest BCUT2D eigenvalue weighted by Crippen LogP contribution is -2.33. The Morgan fingerprint density at radius 3 is 2.39 bits per heavy atom. The van der Waals surface area contributed by atoms with Gasteiger partial charge in [-0.15, -0.1) is 0 Å². The molecule has 0 saturated carbocycles. The maximum atomic E-state index is 13.0. The van der Waals surface area contributed by atoms with Crippen LogP contribution < -0.4 is 10.7 Å². The Bertz CT molecular complexity index is 1220. The van der Waals surface area contributed by atoms with Gasteiger partial charge in [0, 0.05) is 30.7 Å². The molecule has 2 aromatic heterocycles. The largest absolute Gasteiger partial charge is 0.338 e. The summed E-state index contributed by atoms with van der Waals surface area (Å²) in [6.07, 6.45) is 3.36. The molecule has 0 unspecified atom stereocenters. The third-order valence-electron chi connectivity index (χ3n) is 5.50. The summed E-state index contributed by atoms with van der Waals surface area (Å²) in [6, 6.07) is 9.26. The average Bonchev–Trinajstić information content (AvgIpc) is 3.23. The summed E-state index contributed by atoms with van der Waals surface area (Å²) in [5.74, 6) is -0.536. The third-order valence-corrected chi connectivity index (χ3v) is 5.50. The topological polar surface area (TPSA) is 84.3 Å². The van der Waals surface area contributed by atoms with Gasteiger partial charge in [0.2, 0.25) is 11.3 Å². The summed E-state index contributed by atoms with van der Waals surface area (Å²) in [6.45, 7) is 7.01. The normalized spacial score (nSPS) is 13.6. The zero-order valence-corrected chi connectivity index (χ0v) is 18.1. The van der Waals surface area contributed by atoms with Gasteiger partial charge >= 0.3 is 0 Å². The van der Waals surface area contributed by atoms with E-state index in [-0.39, 0.29) is 29.4 Å². The number of pyridine rings is 2. The fourth-order valence-electron chi connectivity index (χ4n) is 4.13. The summed E-state index contributed by atoms with van der Waals surface area (Å²) in [5.41, 5.74) is 3.70. The zero-order valence-electron chi connectivity index (χ0n) is 18.1. The van der Waals surface area contributed by atoms with E-state index in [4.69, 9.17) is 0 Å². The van der Waals surface area contributed by atoms with Gasteiger partial charge in [-0.25, -0.2) is 4.98 Å². The molecule has 1 aliphatic rings. The Morgan fingerprint density at radius 1 is 1.03 bits per heavy atom. The number of likely N-dealkylation sites (tertiary alicyclic amines) is 1. The average molecular weight is 418 g/mol. The van der Waals surface area contributed by atoms with Crippen LogP contribution in [0.4, 0.5) is 5.69 Å². The van der Waals surface area contributed by atoms with E-state index in [1.807, 2.05) is 39.0 Å². The van der Waals surface area contributed by atoms with Gasteiger partial charge in [-0.2, -0.15) is 0 Å². The minimum atomic E-state index is -0.342. The van der Waals surface area contributed by atoms with Crippen molar-refractivity contribution in [2.45, 2.75) is 40.2 Å². The molecule has 1 aliphatic heterocycles. The van der Waals surface area contributed by atoms with Gasteiger partial charge in [0.05, 0.1) is 5.39 Å². The van der Waals surface area contributed by atoms with Crippen molar-refractivity contribution in [1.82, 2.24) is 14.5 Å². The number of carbonyl (C=O) groups excluding carboxylic acids is 2. The van der Waals surface area contributed by atoms with Crippen molar-refractivity contribution in [2.75, 3.05) is 18.4 Å². The molecule has 4 rings (SSSR count). The van der Waals surface area contributed by atoms with E-state index in [2.05, 4.69) is 10.3 Å². The number of fused-ring (bicyclic) bond motifs is 1. The number of aryl methyl sites for hydroxylation is 3. The number of hydrogen-bond acceptors (Lipinski definition) is 4. The lowest BCUT2D eigenvalue weighted by atomic mass is 10.1. The second kappa shape index (κ2) is 8.34. The molecule has 31 heavy (non-hydrogen) atoms. The fraction of sp³-hybridized carbons (Fsp3) is 0.333. The molecule has 1 aromatic carbocycles. The highest BCUT2D eigenvalue weighted by Gasteiger charge is 2.24. The third kappa shape index (κ3) is 4.35. The van der Waals surface area contributed by atoms with Gasteiger partial charge in [0.25, 0.3) is 5.91 Å². The summed E-state index contributed by atoms with van der Waals surface area (Å²) >= 11 is 0. The Morgan fingerprint density at radius 2 is 1.71 bits per heavy atom. The molecule has 0 spiro atoms. The number of amides is 2. The van der Waals surface area contributed by atoms with Crippen molar-refractivity contribution in [1.29, 1.82) is 0 Å². The quantitative estimate of drug-likeness (QED) is 0.705. The molecule has 2 amide bonds. The SMILES string of the molecule is Cc1cc(C)cc(NC(=O)Cn2cc(C(=O)N3CCCC3)c(=O)c3ccc(C)nc32)c1. The second-order valence-electron chi connectivity index (χ2n) is 8.25. The van der Waals surface area contributed by atoms with Gasteiger partial charge in [0.15, 0.2) is 0 Å². The smallest absolute Gasteiger partial charge is 0.259 e. The predicted octanol–water partition coefficient (Wildman–Crippen LogP) is 3.20. The first-order valence-corrected chi connectivity index (χ1v) is 10.5. The first-order chi connectivity index (χ1) is 14.8. The highest BCUT2D eigenvalue weighted by molar-refractivity contribution is 5.98. The number of nitrogens with zero attached hydrogens (tertiary/aromatic N) is 3. The molecule has 1 saturated heterocycles. The van der Waals surface area contributed by atoms with Gasteiger partial charge in [0.1, 0.15) is 17.8 Å². The van der Waals surface area contributed by atoms with Gasteiger partial charge in [-0.05, 0) is 69.0 Å². The number of anilines is 1. The van der Waals surface area contributed by atoms with Crippen LogP contribution in [0, 0.1) is 20.8 Å². The number of aromatic nitrogens is 2. The van der Waals surface area contributed by atoms with Crippen LogP contribution in [0.5, 0.6) is 0 Å². The van der Waals surface area contributed by atoms with Crippen molar-refractivity contribution in [2.24, 2.45) is 0 Å². The van der Waals surface area contributed by atoms with Crippen molar-refractivity contribution >= 4 is 28.5 Å². The molecule has 0 aliphatic carbocycles. The lowest BCUT2D eigenvalue weighted by Gasteiger charge is -2.17. The van der Waals surface area contributed by atoms with E-state index in [0.29, 0.717) is 29.8 Å². The van der Waals surface area contributed by atoms with Crippen LogP contribution in [0.1, 0.15) is 40.0 Å². The van der Waals surface area contributed by atoms with E-state index in [9.17, 15) is 14.4 Å². The fourth-order valence-corrected chi connectivity index (χ4v) is 4.13. The molecular weight excluding hydrogens is 392 g/mol. The number of carbonyl (C=O) groups is 2. The standard InChI is InChI=1S/C24H26N4O3/c1-15-10-16(2)12-18(11-15)26-21(29)14-28-13-20(24(31)27-8-4-5-9-27)22(30)19-7-6-17(3)25-23(19)28/h6-7,10-13H,4-5,8-9,14H2,1-3H3,(H,26,29). The maximum Gasteiger partial charge on any atom is 0.259 e. The van der Waals surface area contributed by atoms with Gasteiger partial charge < -0.3 is 14.8 Å². The molecule has 0 atom stereocenters. The Balaban J connectivity index is 1.72. The van der Waals surface area contributed by atoms with Crippen LogP contribution in [-0.4, -0.2) is 39.4 Å². The number of benzene rings is 1. The molecule has 3 heterocycles. The van der Waals surface area contributed by atoms with Gasteiger partial charge in [-0.3, -0.25) is 14.4 Å². The monoisotopic (exact) mass is 418 g/mol. The first-order valence-electron chi connectivity index (χ1n) is 10.5. The van der Waals surface area contributed by atoms with E-state index < -0.39 is 0 Å². The highest BCUT2D eigenvalue weighted by atomic mass is 16.2. The van der Waals surface area contributed by atoms with Crippen LogP contribution in [0.25, 0.3) is 11.0 Å². The molecular formula is C24H26N4O3. The van der Waals surface area contributed by atoms with E-state index >= 15 is 0 Å². The van der Waals surface area contributed by atoms with Crippen molar-refractivity contribution in [3.63, 3.8) is 0 Å². The van der Waals surface area contributed by atoms with Crippen LogP contribution >= 0.6 is 0 Å². The molecule has 3 aromatic rings. The van der Waals surface area contributed by atoms with Crippen LogP contribution in [0.3, 0.4) is 0 Å². The molecule has 1 N–H and O–H groups in total. The minimum absolute atomic E-state index is 0.0551. The number of rotatable bonds is 4. The second-order valence-corrected chi connectivity index (χ2v) is 8.25. The minimum Gasteiger partial charge on any atom is -0.338 e. The van der Waals surface area contributed by atoms with Crippen molar-refractivity contribution in [3.05, 3.63) is 69.1 Å². The lowest BCUT2D eigenvalue weighted by molar-refractivity contribution is -0.116. The Hall–Kier alpha value is -3.48. The predicted molar refractivity (Wildman–Crippen MR) is 120 cm³/mol. The van der Waals surface area contributed by atoms with E-state index in [1.54, 1.807) is 21.6 Å². The first kappa shape index (κ1) is 20.8.